The van der Waals surface area contributed by atoms with E-state index in [1.165, 1.54) is 12.3 Å². The van der Waals surface area contributed by atoms with Crippen molar-refractivity contribution in [2.75, 3.05) is 19.7 Å². The molecule has 144 valence electrons. The van der Waals surface area contributed by atoms with Gasteiger partial charge in [-0.1, -0.05) is 12.1 Å². The summed E-state index contributed by atoms with van der Waals surface area (Å²) in [4.78, 5) is 17.5. The van der Waals surface area contributed by atoms with Gasteiger partial charge in [0.25, 0.3) is 0 Å². The van der Waals surface area contributed by atoms with Crippen molar-refractivity contribution in [1.29, 1.82) is 0 Å². The Morgan fingerprint density at radius 1 is 1.22 bits per heavy atom. The molecule has 0 bridgehead atoms. The Labute approximate surface area is 154 Å². The third-order valence-electron chi connectivity index (χ3n) is 4.15. The summed E-state index contributed by atoms with van der Waals surface area (Å²) in [6.45, 7) is 2.94. The average Bonchev–Trinajstić information content (AvgIpc) is 2.59. The molecule has 1 saturated heterocycles. The molecule has 0 atom stereocenters. The van der Waals surface area contributed by atoms with Gasteiger partial charge in [0.15, 0.2) is 0 Å². The van der Waals surface area contributed by atoms with Gasteiger partial charge in [-0.25, -0.2) is 4.98 Å². The van der Waals surface area contributed by atoms with Gasteiger partial charge in [0.05, 0.1) is 26.1 Å². The van der Waals surface area contributed by atoms with Crippen molar-refractivity contribution in [3.05, 3.63) is 53.7 Å². The molecule has 3 rings (SSSR count). The van der Waals surface area contributed by atoms with Crippen LogP contribution in [0, 0.1) is 0 Å². The molecular weight excluding hydrogens is 361 g/mol. The lowest BCUT2D eigenvalue weighted by molar-refractivity contribution is -0.144. The van der Waals surface area contributed by atoms with Gasteiger partial charge < -0.3 is 14.4 Å². The third kappa shape index (κ3) is 4.69. The van der Waals surface area contributed by atoms with Crippen molar-refractivity contribution in [3.63, 3.8) is 0 Å². The number of rotatable bonds is 6. The molecule has 0 N–H and O–H groups in total. The smallest absolute Gasteiger partial charge is 0.421 e. The van der Waals surface area contributed by atoms with Gasteiger partial charge in [-0.05, 0) is 36.8 Å². The van der Waals surface area contributed by atoms with Gasteiger partial charge in [-0.3, -0.25) is 4.79 Å². The highest BCUT2D eigenvalue weighted by molar-refractivity contribution is 5.79. The van der Waals surface area contributed by atoms with Crippen molar-refractivity contribution in [2.24, 2.45) is 0 Å². The fourth-order valence-electron chi connectivity index (χ4n) is 2.73. The zero-order valence-electron chi connectivity index (χ0n) is 14.7. The number of carbonyl (C=O) groups is 1. The van der Waals surface area contributed by atoms with Gasteiger partial charge >= 0.3 is 6.18 Å². The molecule has 1 amide bonds. The van der Waals surface area contributed by atoms with E-state index in [2.05, 4.69) is 4.98 Å². The molecule has 1 aromatic carbocycles. The van der Waals surface area contributed by atoms with E-state index in [1.54, 1.807) is 17.0 Å². The second-order valence-corrected chi connectivity index (χ2v) is 6.15. The molecule has 0 saturated carbocycles. The number of aromatic nitrogens is 1. The van der Waals surface area contributed by atoms with Crippen LogP contribution in [0.5, 0.6) is 11.6 Å². The predicted octanol–water partition coefficient (Wildman–Crippen LogP) is 3.33. The first-order valence-corrected chi connectivity index (χ1v) is 8.55. The van der Waals surface area contributed by atoms with Crippen molar-refractivity contribution < 1.29 is 27.4 Å². The van der Waals surface area contributed by atoms with E-state index < -0.39 is 23.7 Å². The SMILES string of the molecule is CCOc1ccc(CC(=O)N2CC(Oc3ncccc3C(F)(F)F)C2)cc1. The number of pyridine rings is 1. The molecule has 27 heavy (non-hydrogen) atoms. The summed E-state index contributed by atoms with van der Waals surface area (Å²) in [7, 11) is 0. The second kappa shape index (κ2) is 7.85. The second-order valence-electron chi connectivity index (χ2n) is 6.15. The van der Waals surface area contributed by atoms with Gasteiger partial charge in [0, 0.05) is 6.20 Å². The number of hydrogen-bond acceptors (Lipinski definition) is 4. The first-order valence-electron chi connectivity index (χ1n) is 8.55. The lowest BCUT2D eigenvalue weighted by atomic mass is 10.1. The molecule has 1 aromatic heterocycles. The summed E-state index contributed by atoms with van der Waals surface area (Å²) >= 11 is 0. The number of alkyl halides is 3. The summed E-state index contributed by atoms with van der Waals surface area (Å²) in [5.74, 6) is 0.187. The Balaban J connectivity index is 1.52. The minimum Gasteiger partial charge on any atom is -0.494 e. The van der Waals surface area contributed by atoms with Gasteiger partial charge in [0.2, 0.25) is 11.8 Å². The number of likely N-dealkylation sites (tertiary alicyclic amines) is 1. The third-order valence-corrected chi connectivity index (χ3v) is 4.15. The maximum Gasteiger partial charge on any atom is 0.421 e. The van der Waals surface area contributed by atoms with Gasteiger partial charge in [0.1, 0.15) is 17.4 Å². The lowest BCUT2D eigenvalue weighted by Crippen LogP contribution is -2.56. The minimum absolute atomic E-state index is 0.101. The molecule has 1 aliphatic heterocycles. The zero-order valence-corrected chi connectivity index (χ0v) is 14.7. The Morgan fingerprint density at radius 3 is 2.56 bits per heavy atom. The van der Waals surface area contributed by atoms with E-state index in [0.29, 0.717) is 6.61 Å². The number of carbonyl (C=O) groups excluding carboxylic acids is 1. The number of nitrogens with zero attached hydrogens (tertiary/aromatic N) is 2. The van der Waals surface area contributed by atoms with E-state index in [9.17, 15) is 18.0 Å². The molecule has 0 aliphatic carbocycles. The van der Waals surface area contributed by atoms with Crippen LogP contribution in [0.2, 0.25) is 0 Å². The molecule has 0 spiro atoms. The summed E-state index contributed by atoms with van der Waals surface area (Å²) in [5, 5.41) is 0. The summed E-state index contributed by atoms with van der Waals surface area (Å²) in [6, 6.07) is 9.38. The molecule has 8 heteroatoms. The van der Waals surface area contributed by atoms with E-state index in [-0.39, 0.29) is 25.4 Å². The Bertz CT molecular complexity index is 788. The van der Waals surface area contributed by atoms with E-state index in [0.717, 1.165) is 17.4 Å². The number of amides is 1. The van der Waals surface area contributed by atoms with Crippen LogP contribution in [0.4, 0.5) is 13.2 Å². The molecule has 2 aromatic rings. The highest BCUT2D eigenvalue weighted by atomic mass is 19.4. The quantitative estimate of drug-likeness (QED) is 0.772. The van der Waals surface area contributed by atoms with Crippen molar-refractivity contribution in [1.82, 2.24) is 9.88 Å². The molecule has 1 fully saturated rings. The normalized spacial score (nSPS) is 14.6. The van der Waals surface area contributed by atoms with E-state index in [4.69, 9.17) is 9.47 Å². The fraction of sp³-hybridized carbons (Fsp3) is 0.368. The van der Waals surface area contributed by atoms with Crippen LogP contribution in [0.15, 0.2) is 42.6 Å². The van der Waals surface area contributed by atoms with E-state index in [1.807, 2.05) is 19.1 Å². The summed E-state index contributed by atoms with van der Waals surface area (Å²) < 4.78 is 49.5. The Hall–Kier alpha value is -2.77. The summed E-state index contributed by atoms with van der Waals surface area (Å²) in [6.07, 6.45) is -3.56. The van der Waals surface area contributed by atoms with Gasteiger partial charge in [-0.2, -0.15) is 13.2 Å². The summed E-state index contributed by atoms with van der Waals surface area (Å²) in [5.41, 5.74) is -0.0685. The number of ether oxygens (including phenoxy) is 2. The standard InChI is InChI=1S/C19H19F3N2O3/c1-2-26-14-7-5-13(6-8-14)10-17(25)24-11-15(12-24)27-18-16(19(20,21)22)4-3-9-23-18/h3-9,15H,2,10-12H2,1H3. The van der Waals surface area contributed by atoms with Gasteiger partial charge in [-0.15, -0.1) is 0 Å². The van der Waals surface area contributed by atoms with Crippen LogP contribution < -0.4 is 9.47 Å². The predicted molar refractivity (Wildman–Crippen MR) is 91.6 cm³/mol. The first-order chi connectivity index (χ1) is 12.9. The number of benzene rings is 1. The van der Waals surface area contributed by atoms with Crippen molar-refractivity contribution >= 4 is 5.91 Å². The molecule has 1 aliphatic rings. The van der Waals surface area contributed by atoms with Crippen LogP contribution in [0.1, 0.15) is 18.1 Å². The number of halogens is 3. The first kappa shape index (κ1) is 19.0. The van der Waals surface area contributed by atoms with Crippen LogP contribution >= 0.6 is 0 Å². The molecular formula is C19H19F3N2O3. The topological polar surface area (TPSA) is 51.7 Å². The Morgan fingerprint density at radius 2 is 1.93 bits per heavy atom. The van der Waals surface area contributed by atoms with Crippen molar-refractivity contribution in [2.45, 2.75) is 25.6 Å². The van der Waals surface area contributed by atoms with Crippen LogP contribution in [0.3, 0.4) is 0 Å². The van der Waals surface area contributed by atoms with Crippen LogP contribution in [-0.4, -0.2) is 41.6 Å². The highest BCUT2D eigenvalue weighted by Gasteiger charge is 2.38. The maximum absolute atomic E-state index is 13.0. The monoisotopic (exact) mass is 380 g/mol. The highest BCUT2D eigenvalue weighted by Crippen LogP contribution is 2.35. The average molecular weight is 380 g/mol. The number of hydrogen-bond donors (Lipinski definition) is 0. The molecule has 0 radical (unpaired) electrons. The molecule has 2 heterocycles. The van der Waals surface area contributed by atoms with Crippen LogP contribution in [0.25, 0.3) is 0 Å². The molecule has 0 unspecified atom stereocenters. The maximum atomic E-state index is 13.0. The molecule has 5 nitrogen and oxygen atoms in total. The van der Waals surface area contributed by atoms with Crippen LogP contribution in [-0.2, 0) is 17.4 Å². The minimum atomic E-state index is -4.53. The fourth-order valence-corrected chi connectivity index (χ4v) is 2.73. The Kier molecular flexibility index (Phi) is 5.53. The zero-order chi connectivity index (χ0) is 19.4. The van der Waals surface area contributed by atoms with Crippen molar-refractivity contribution in [3.8, 4) is 11.6 Å². The van der Waals surface area contributed by atoms with E-state index >= 15 is 0 Å². The lowest BCUT2D eigenvalue weighted by Gasteiger charge is -2.39. The largest absolute Gasteiger partial charge is 0.494 e.